The monoisotopic (exact) mass is 277 g/mol. The molecule has 1 heterocycles. The van der Waals surface area contributed by atoms with Gasteiger partial charge in [-0.25, -0.2) is 0 Å². The molecule has 0 aliphatic carbocycles. The smallest absolute Gasteiger partial charge is 0.308 e. The van der Waals surface area contributed by atoms with Crippen LogP contribution in [-0.2, 0) is 16.0 Å². The molecule has 20 heavy (non-hydrogen) atoms. The van der Waals surface area contributed by atoms with Gasteiger partial charge in [-0.1, -0.05) is 0 Å². The first kappa shape index (κ1) is 14.4. The molecule has 0 saturated carbocycles. The zero-order chi connectivity index (χ0) is 15.0. The fourth-order valence-electron chi connectivity index (χ4n) is 2.59. The largest absolute Gasteiger partial charge is 0.480 e. The molecule has 0 fully saturated rings. The highest BCUT2D eigenvalue weighted by atomic mass is 16.5. The first-order valence-electron chi connectivity index (χ1n) is 6.60. The molecule has 1 aliphatic rings. The number of ether oxygens (including phenoxy) is 2. The van der Waals surface area contributed by atoms with E-state index in [9.17, 15) is 9.59 Å². The number of carbonyl (C=O) groups is 2. The molecule has 2 rings (SSSR count). The minimum absolute atomic E-state index is 0.345. The second-order valence-corrected chi connectivity index (χ2v) is 5.15. The summed E-state index contributed by atoms with van der Waals surface area (Å²) >= 11 is 0. The van der Waals surface area contributed by atoms with Crippen molar-refractivity contribution in [2.45, 2.75) is 46.6 Å². The number of benzene rings is 1. The summed E-state index contributed by atoms with van der Waals surface area (Å²) in [6.07, 6.45) is 0.648. The van der Waals surface area contributed by atoms with E-state index in [2.05, 4.69) is 0 Å². The molecule has 2 N–H and O–H groups in total. The van der Waals surface area contributed by atoms with Crippen molar-refractivity contribution in [3.63, 3.8) is 0 Å². The number of amides is 1. The van der Waals surface area contributed by atoms with Crippen LogP contribution >= 0.6 is 0 Å². The lowest BCUT2D eigenvalue weighted by Gasteiger charge is -2.29. The SMILES string of the molecule is CC(=O)Oc1c(C)c(C)c2c(c1C)CCC(C(N)=O)O2. The van der Waals surface area contributed by atoms with Crippen LogP contribution in [0.2, 0.25) is 0 Å². The number of primary amides is 1. The standard InChI is InChI=1S/C15H19NO4/c1-7-8(2)14-11(5-6-12(20-14)15(16)18)9(3)13(7)19-10(4)17/h12H,5-6H2,1-4H3,(H2,16,18). The quantitative estimate of drug-likeness (QED) is 0.659. The van der Waals surface area contributed by atoms with Crippen LogP contribution < -0.4 is 15.2 Å². The van der Waals surface area contributed by atoms with E-state index in [0.717, 1.165) is 22.3 Å². The Morgan fingerprint density at radius 3 is 2.40 bits per heavy atom. The lowest BCUT2D eigenvalue weighted by molar-refractivity contribution is -0.132. The van der Waals surface area contributed by atoms with E-state index in [1.54, 1.807) is 0 Å². The molecule has 1 amide bonds. The van der Waals surface area contributed by atoms with Crippen LogP contribution in [0.4, 0.5) is 0 Å². The zero-order valence-electron chi connectivity index (χ0n) is 12.2. The van der Waals surface area contributed by atoms with E-state index in [4.69, 9.17) is 15.2 Å². The summed E-state index contributed by atoms with van der Waals surface area (Å²) < 4.78 is 11.0. The van der Waals surface area contributed by atoms with Gasteiger partial charge in [-0.15, -0.1) is 0 Å². The number of fused-ring (bicyclic) bond motifs is 1. The van der Waals surface area contributed by atoms with Gasteiger partial charge < -0.3 is 15.2 Å². The van der Waals surface area contributed by atoms with Crippen molar-refractivity contribution in [3.8, 4) is 11.5 Å². The average molecular weight is 277 g/mol. The van der Waals surface area contributed by atoms with Crippen molar-refractivity contribution in [1.29, 1.82) is 0 Å². The predicted molar refractivity (Wildman–Crippen MR) is 73.9 cm³/mol. The van der Waals surface area contributed by atoms with Crippen LogP contribution in [0, 0.1) is 20.8 Å². The third kappa shape index (κ3) is 2.35. The Hall–Kier alpha value is -2.04. The molecular weight excluding hydrogens is 258 g/mol. The Morgan fingerprint density at radius 2 is 1.85 bits per heavy atom. The maximum Gasteiger partial charge on any atom is 0.308 e. The summed E-state index contributed by atoms with van der Waals surface area (Å²) in [5, 5.41) is 0. The van der Waals surface area contributed by atoms with E-state index in [-0.39, 0.29) is 5.97 Å². The fourth-order valence-corrected chi connectivity index (χ4v) is 2.59. The number of rotatable bonds is 2. The summed E-state index contributed by atoms with van der Waals surface area (Å²) in [6, 6.07) is 0. The highest BCUT2D eigenvalue weighted by Gasteiger charge is 2.29. The first-order chi connectivity index (χ1) is 9.32. The van der Waals surface area contributed by atoms with Crippen LogP contribution in [-0.4, -0.2) is 18.0 Å². The Kier molecular flexibility index (Phi) is 3.70. The molecule has 1 atom stereocenters. The number of esters is 1. The predicted octanol–water partition coefficient (Wildman–Crippen LogP) is 1.72. The van der Waals surface area contributed by atoms with Gasteiger partial charge in [0.05, 0.1) is 0 Å². The molecule has 0 spiro atoms. The molecule has 0 aromatic heterocycles. The second kappa shape index (κ2) is 5.15. The molecule has 5 nitrogen and oxygen atoms in total. The summed E-state index contributed by atoms with van der Waals surface area (Å²) in [5.74, 6) is 0.498. The summed E-state index contributed by atoms with van der Waals surface area (Å²) in [7, 11) is 0. The second-order valence-electron chi connectivity index (χ2n) is 5.15. The number of hydrogen-bond donors (Lipinski definition) is 1. The van der Waals surface area contributed by atoms with Gasteiger partial charge in [0, 0.05) is 12.5 Å². The van der Waals surface area contributed by atoms with Crippen molar-refractivity contribution < 1.29 is 19.1 Å². The molecule has 0 saturated heterocycles. The molecular formula is C15H19NO4. The lowest BCUT2D eigenvalue weighted by Crippen LogP contribution is -2.37. The van der Waals surface area contributed by atoms with Crippen LogP contribution in [0.3, 0.4) is 0 Å². The molecule has 1 aromatic carbocycles. The summed E-state index contributed by atoms with van der Waals surface area (Å²) in [6.45, 7) is 7.05. The third-order valence-corrected chi connectivity index (χ3v) is 3.79. The zero-order valence-corrected chi connectivity index (χ0v) is 12.2. The van der Waals surface area contributed by atoms with Gasteiger partial charge in [0.1, 0.15) is 11.5 Å². The van der Waals surface area contributed by atoms with Gasteiger partial charge in [0.2, 0.25) is 0 Å². The normalized spacial score (nSPS) is 17.1. The van der Waals surface area contributed by atoms with E-state index in [0.29, 0.717) is 24.3 Å². The molecule has 0 bridgehead atoms. The van der Waals surface area contributed by atoms with E-state index < -0.39 is 12.0 Å². The van der Waals surface area contributed by atoms with Crippen molar-refractivity contribution >= 4 is 11.9 Å². The topological polar surface area (TPSA) is 78.6 Å². The molecule has 5 heteroatoms. The minimum atomic E-state index is -0.584. The Morgan fingerprint density at radius 1 is 1.20 bits per heavy atom. The van der Waals surface area contributed by atoms with Crippen molar-refractivity contribution in [3.05, 3.63) is 22.3 Å². The van der Waals surface area contributed by atoms with Crippen LogP contribution in [0.15, 0.2) is 0 Å². The maximum atomic E-state index is 11.3. The van der Waals surface area contributed by atoms with Crippen LogP contribution in [0.1, 0.15) is 35.6 Å². The van der Waals surface area contributed by atoms with Crippen molar-refractivity contribution in [2.75, 3.05) is 0 Å². The first-order valence-corrected chi connectivity index (χ1v) is 6.60. The molecule has 0 radical (unpaired) electrons. The van der Waals surface area contributed by atoms with E-state index >= 15 is 0 Å². The number of carbonyl (C=O) groups excluding carboxylic acids is 2. The summed E-state index contributed by atoms with van der Waals surface area (Å²) in [4.78, 5) is 22.5. The molecule has 108 valence electrons. The third-order valence-electron chi connectivity index (χ3n) is 3.79. The summed E-state index contributed by atoms with van der Waals surface area (Å²) in [5.41, 5.74) is 8.92. The van der Waals surface area contributed by atoms with Gasteiger partial charge in [-0.3, -0.25) is 9.59 Å². The van der Waals surface area contributed by atoms with E-state index in [1.807, 2.05) is 20.8 Å². The van der Waals surface area contributed by atoms with E-state index in [1.165, 1.54) is 6.92 Å². The fraction of sp³-hybridized carbons (Fsp3) is 0.467. The number of nitrogens with two attached hydrogens (primary N) is 1. The van der Waals surface area contributed by atoms with Crippen LogP contribution in [0.5, 0.6) is 11.5 Å². The van der Waals surface area contributed by atoms with Gasteiger partial charge in [-0.05, 0) is 50.3 Å². The van der Waals surface area contributed by atoms with Gasteiger partial charge in [-0.2, -0.15) is 0 Å². The van der Waals surface area contributed by atoms with Gasteiger partial charge in [0.25, 0.3) is 5.91 Å². The Balaban J connectivity index is 2.53. The van der Waals surface area contributed by atoms with Gasteiger partial charge >= 0.3 is 5.97 Å². The molecule has 1 aliphatic heterocycles. The van der Waals surface area contributed by atoms with Crippen molar-refractivity contribution in [1.82, 2.24) is 0 Å². The highest BCUT2D eigenvalue weighted by Crippen LogP contribution is 2.41. The van der Waals surface area contributed by atoms with Gasteiger partial charge in [0.15, 0.2) is 6.10 Å². The minimum Gasteiger partial charge on any atom is -0.480 e. The molecule has 1 aromatic rings. The maximum absolute atomic E-state index is 11.3. The average Bonchev–Trinajstić information content (AvgIpc) is 2.40. The highest BCUT2D eigenvalue weighted by molar-refractivity contribution is 5.80. The Labute approximate surface area is 118 Å². The number of hydrogen-bond acceptors (Lipinski definition) is 4. The lowest BCUT2D eigenvalue weighted by atomic mass is 9.91. The van der Waals surface area contributed by atoms with Crippen molar-refractivity contribution in [2.24, 2.45) is 5.73 Å². The molecule has 1 unspecified atom stereocenters. The van der Waals surface area contributed by atoms with Crippen LogP contribution in [0.25, 0.3) is 0 Å². The Bertz CT molecular complexity index is 592.